The largest absolute Gasteiger partial charge is 0.396 e. The van der Waals surface area contributed by atoms with Crippen LogP contribution in [0.1, 0.15) is 29.3 Å². The monoisotopic (exact) mass is 273 g/mol. The Bertz CT molecular complexity index is 536. The van der Waals surface area contributed by atoms with Gasteiger partial charge in [-0.05, 0) is 26.0 Å². The number of aromatic nitrogens is 2. The van der Waals surface area contributed by atoms with Crippen LogP contribution in [0.15, 0.2) is 36.5 Å². The average molecular weight is 273 g/mol. The molecule has 4 nitrogen and oxygen atoms in total. The van der Waals surface area contributed by atoms with Gasteiger partial charge in [0.15, 0.2) is 0 Å². The number of hydrogen-bond acceptors (Lipinski definition) is 3. The van der Waals surface area contributed by atoms with Crippen molar-refractivity contribution in [3.05, 3.63) is 53.3 Å². The average Bonchev–Trinajstić information content (AvgIpc) is 2.77. The van der Waals surface area contributed by atoms with E-state index < -0.39 is 0 Å². The van der Waals surface area contributed by atoms with Gasteiger partial charge >= 0.3 is 0 Å². The van der Waals surface area contributed by atoms with Crippen molar-refractivity contribution in [2.45, 2.75) is 25.9 Å². The van der Waals surface area contributed by atoms with Gasteiger partial charge in [0, 0.05) is 37.5 Å². The summed E-state index contributed by atoms with van der Waals surface area (Å²) >= 11 is 0. The van der Waals surface area contributed by atoms with Crippen LogP contribution in [0.4, 0.5) is 0 Å². The van der Waals surface area contributed by atoms with E-state index in [4.69, 9.17) is 0 Å². The summed E-state index contributed by atoms with van der Waals surface area (Å²) in [4.78, 5) is 2.27. The Hall–Kier alpha value is -1.65. The molecule has 1 aromatic carbocycles. The zero-order valence-corrected chi connectivity index (χ0v) is 12.5. The molecule has 2 aromatic rings. The van der Waals surface area contributed by atoms with Crippen LogP contribution < -0.4 is 0 Å². The van der Waals surface area contributed by atoms with Crippen LogP contribution in [0, 0.1) is 6.92 Å². The topological polar surface area (TPSA) is 41.3 Å². The summed E-state index contributed by atoms with van der Waals surface area (Å²) in [7, 11) is 4.06. The lowest BCUT2D eigenvalue weighted by Crippen LogP contribution is -2.25. The van der Waals surface area contributed by atoms with E-state index in [1.54, 1.807) is 0 Å². The van der Waals surface area contributed by atoms with Crippen LogP contribution in [-0.4, -0.2) is 33.4 Å². The summed E-state index contributed by atoms with van der Waals surface area (Å²) in [6.07, 6.45) is 2.66. The summed E-state index contributed by atoms with van der Waals surface area (Å²) in [5.74, 6) is 0. The predicted molar refractivity (Wildman–Crippen MR) is 80.3 cm³/mol. The molecule has 0 saturated heterocycles. The van der Waals surface area contributed by atoms with Crippen molar-refractivity contribution < 1.29 is 5.11 Å². The van der Waals surface area contributed by atoms with Crippen molar-refractivity contribution >= 4 is 0 Å². The summed E-state index contributed by atoms with van der Waals surface area (Å²) in [5, 5.41) is 13.6. The molecule has 0 spiro atoms. The van der Waals surface area contributed by atoms with Gasteiger partial charge in [-0.1, -0.05) is 30.3 Å². The quantitative estimate of drug-likeness (QED) is 0.878. The minimum absolute atomic E-state index is 0.190. The van der Waals surface area contributed by atoms with E-state index in [-0.39, 0.29) is 12.6 Å². The van der Waals surface area contributed by atoms with Gasteiger partial charge in [-0.2, -0.15) is 5.10 Å². The van der Waals surface area contributed by atoms with E-state index in [1.165, 1.54) is 16.8 Å². The fraction of sp³-hybridized carbons (Fsp3) is 0.438. The number of nitrogens with zero attached hydrogens (tertiary/aromatic N) is 3. The van der Waals surface area contributed by atoms with Crippen LogP contribution >= 0.6 is 0 Å². The standard InChI is InChI=1S/C16H23N3O/c1-13-15(11-17-19(13)3)12-18(2)16(9-10-20)14-7-5-4-6-8-14/h4-8,11,16,20H,9-10,12H2,1-3H3. The number of aliphatic hydroxyl groups excluding tert-OH is 1. The first kappa shape index (κ1) is 14.8. The fourth-order valence-electron chi connectivity index (χ4n) is 2.52. The first-order valence-electron chi connectivity index (χ1n) is 6.97. The number of rotatable bonds is 6. The highest BCUT2D eigenvalue weighted by Crippen LogP contribution is 2.24. The second-order valence-electron chi connectivity index (χ2n) is 5.23. The Morgan fingerprint density at radius 1 is 1.30 bits per heavy atom. The molecule has 108 valence electrons. The van der Waals surface area contributed by atoms with Gasteiger partial charge in [0.05, 0.1) is 6.20 Å². The number of aryl methyl sites for hydroxylation is 1. The van der Waals surface area contributed by atoms with Crippen molar-refractivity contribution in [2.75, 3.05) is 13.7 Å². The zero-order chi connectivity index (χ0) is 14.5. The minimum atomic E-state index is 0.190. The first-order chi connectivity index (χ1) is 9.63. The van der Waals surface area contributed by atoms with E-state index in [0.29, 0.717) is 0 Å². The van der Waals surface area contributed by atoms with Crippen molar-refractivity contribution in [1.29, 1.82) is 0 Å². The number of benzene rings is 1. The molecule has 2 rings (SSSR count). The van der Waals surface area contributed by atoms with E-state index in [1.807, 2.05) is 36.1 Å². The maximum absolute atomic E-state index is 9.33. The lowest BCUT2D eigenvalue weighted by molar-refractivity contribution is 0.180. The van der Waals surface area contributed by atoms with Crippen molar-refractivity contribution in [3.63, 3.8) is 0 Å². The number of hydrogen-bond donors (Lipinski definition) is 1. The van der Waals surface area contributed by atoms with E-state index in [0.717, 1.165) is 13.0 Å². The molecule has 1 atom stereocenters. The molecule has 0 saturated carbocycles. The van der Waals surface area contributed by atoms with Gasteiger partial charge < -0.3 is 5.11 Å². The van der Waals surface area contributed by atoms with Crippen LogP contribution in [-0.2, 0) is 13.6 Å². The second kappa shape index (κ2) is 6.68. The molecule has 0 aliphatic heterocycles. The van der Waals surface area contributed by atoms with Gasteiger partial charge in [0.1, 0.15) is 0 Å². The normalized spacial score (nSPS) is 12.8. The molecule has 0 radical (unpaired) electrons. The molecule has 20 heavy (non-hydrogen) atoms. The van der Waals surface area contributed by atoms with Crippen LogP contribution in [0.2, 0.25) is 0 Å². The van der Waals surface area contributed by atoms with Crippen LogP contribution in [0.25, 0.3) is 0 Å². The third kappa shape index (κ3) is 3.26. The van der Waals surface area contributed by atoms with Crippen LogP contribution in [0.3, 0.4) is 0 Å². The zero-order valence-electron chi connectivity index (χ0n) is 12.5. The summed E-state index contributed by atoms with van der Waals surface area (Å²) in [6.45, 7) is 3.11. The molecule has 1 heterocycles. The van der Waals surface area contributed by atoms with Gasteiger partial charge in [-0.25, -0.2) is 0 Å². The molecule has 0 amide bonds. The third-order valence-corrected chi connectivity index (χ3v) is 3.88. The SMILES string of the molecule is Cc1c(CN(C)C(CCO)c2ccccc2)cnn1C. The number of aliphatic hydroxyl groups is 1. The Morgan fingerprint density at radius 3 is 2.55 bits per heavy atom. The summed E-state index contributed by atoms with van der Waals surface area (Å²) in [6, 6.07) is 10.6. The smallest absolute Gasteiger partial charge is 0.0537 e. The van der Waals surface area contributed by atoms with Gasteiger partial charge in [0.2, 0.25) is 0 Å². The summed E-state index contributed by atoms with van der Waals surface area (Å²) in [5.41, 5.74) is 3.66. The van der Waals surface area contributed by atoms with E-state index >= 15 is 0 Å². The van der Waals surface area contributed by atoms with Crippen molar-refractivity contribution in [2.24, 2.45) is 7.05 Å². The second-order valence-corrected chi connectivity index (χ2v) is 5.23. The van der Waals surface area contributed by atoms with E-state index in [9.17, 15) is 5.11 Å². The van der Waals surface area contributed by atoms with Gasteiger partial charge in [0.25, 0.3) is 0 Å². The maximum atomic E-state index is 9.33. The Balaban J connectivity index is 2.15. The Kier molecular flexibility index (Phi) is 4.93. The molecule has 1 N–H and O–H groups in total. The molecule has 1 unspecified atom stereocenters. The molecule has 0 aliphatic carbocycles. The molecule has 1 aromatic heterocycles. The highest BCUT2D eigenvalue weighted by molar-refractivity contribution is 5.20. The molecule has 0 aliphatic rings. The van der Waals surface area contributed by atoms with E-state index in [2.05, 4.69) is 36.1 Å². The lowest BCUT2D eigenvalue weighted by Gasteiger charge is -2.28. The Labute approximate surface area is 120 Å². The first-order valence-corrected chi connectivity index (χ1v) is 6.97. The van der Waals surface area contributed by atoms with Crippen molar-refractivity contribution in [3.8, 4) is 0 Å². The highest BCUT2D eigenvalue weighted by Gasteiger charge is 2.18. The fourth-order valence-corrected chi connectivity index (χ4v) is 2.52. The Morgan fingerprint density at radius 2 is 2.00 bits per heavy atom. The molecule has 0 fully saturated rings. The predicted octanol–water partition coefficient (Wildman–Crippen LogP) is 2.28. The van der Waals surface area contributed by atoms with Crippen LogP contribution in [0.5, 0.6) is 0 Å². The minimum Gasteiger partial charge on any atom is -0.396 e. The summed E-state index contributed by atoms with van der Waals surface area (Å²) < 4.78 is 1.90. The molecule has 4 heteroatoms. The van der Waals surface area contributed by atoms with Gasteiger partial charge in [-0.15, -0.1) is 0 Å². The third-order valence-electron chi connectivity index (χ3n) is 3.88. The molecular formula is C16H23N3O. The highest BCUT2D eigenvalue weighted by atomic mass is 16.3. The van der Waals surface area contributed by atoms with Gasteiger partial charge in [-0.3, -0.25) is 9.58 Å². The maximum Gasteiger partial charge on any atom is 0.0537 e. The molecular weight excluding hydrogens is 250 g/mol. The lowest BCUT2D eigenvalue weighted by atomic mass is 10.0. The molecule has 0 bridgehead atoms. The van der Waals surface area contributed by atoms with Crippen molar-refractivity contribution in [1.82, 2.24) is 14.7 Å².